The van der Waals surface area contributed by atoms with E-state index in [0.717, 1.165) is 19.3 Å². The lowest BCUT2D eigenvalue weighted by atomic mass is 10.2. The molecule has 0 aliphatic carbocycles. The van der Waals surface area contributed by atoms with Gasteiger partial charge in [0.2, 0.25) is 0 Å². The summed E-state index contributed by atoms with van der Waals surface area (Å²) in [5.74, 6) is 5.01. The molecule has 0 saturated carbocycles. The predicted octanol–water partition coefficient (Wildman–Crippen LogP) is 5.24. The van der Waals surface area contributed by atoms with Crippen molar-refractivity contribution >= 4 is 0 Å². The smallest absolute Gasteiger partial charge is 0.00951 e. The van der Waals surface area contributed by atoms with Gasteiger partial charge in [0.25, 0.3) is 0 Å². The summed E-state index contributed by atoms with van der Waals surface area (Å²) < 4.78 is 0. The van der Waals surface area contributed by atoms with E-state index in [1.165, 1.54) is 0 Å². The van der Waals surface area contributed by atoms with Gasteiger partial charge in [0.15, 0.2) is 0 Å². The number of unbranched alkanes of at least 4 members (excludes halogenated alkanes) is 2. The number of rotatable bonds is 2. The first kappa shape index (κ1) is 57.2. The molecule has 0 aliphatic heterocycles. The zero-order valence-corrected chi connectivity index (χ0v) is 4.28. The van der Waals surface area contributed by atoms with Gasteiger partial charge in [0.05, 0.1) is 0 Å². The molecule has 0 saturated heterocycles. The third kappa shape index (κ3) is 95.0. The van der Waals surface area contributed by atoms with Gasteiger partial charge in [0, 0.05) is 12.8 Å². The first-order valence-corrected chi connectivity index (χ1v) is 2.28. The molecule has 0 heteroatoms. The van der Waals surface area contributed by atoms with Crippen molar-refractivity contribution in [1.82, 2.24) is 0 Å². The SMILES string of the molecule is C.C.C.C.C.C.C#CCCCC#C. The fraction of sp³-hybridized carbons (Fsp3) is 0.692. The Labute approximate surface area is 89.2 Å². The second-order valence-electron chi connectivity index (χ2n) is 1.26. The normalized spacial score (nSPS) is 3.54. The van der Waals surface area contributed by atoms with Crippen molar-refractivity contribution < 1.29 is 0 Å². The standard InChI is InChI=1S/C7H8.6CH4/c1-3-5-7-6-4-2;;;;;;/h1-2H,5-7H2;6*1H4. The Morgan fingerprint density at radius 1 is 0.615 bits per heavy atom. The lowest BCUT2D eigenvalue weighted by molar-refractivity contribution is 0.905. The molecule has 0 aromatic heterocycles. The molecule has 0 amide bonds. The molecule has 0 aliphatic rings. The second kappa shape index (κ2) is 67.1. The Kier molecular flexibility index (Phi) is 295. The third-order valence-corrected chi connectivity index (χ3v) is 0.642. The maximum atomic E-state index is 4.95. The van der Waals surface area contributed by atoms with Crippen LogP contribution in [0.3, 0.4) is 0 Å². The highest BCUT2D eigenvalue weighted by Crippen LogP contribution is 1.88. The molecular formula is C13H32. The Balaban J connectivity index is -0.0000000120. The molecule has 0 rings (SSSR count). The van der Waals surface area contributed by atoms with Crippen LogP contribution in [0.2, 0.25) is 0 Å². The summed E-state index contributed by atoms with van der Waals surface area (Å²) in [6.07, 6.45) is 12.5. The highest BCUT2D eigenvalue weighted by atomic mass is 13.8. The monoisotopic (exact) mass is 188 g/mol. The summed E-state index contributed by atoms with van der Waals surface area (Å²) in [6, 6.07) is 0. The highest BCUT2D eigenvalue weighted by Gasteiger charge is 1.74. The van der Waals surface area contributed by atoms with E-state index < -0.39 is 0 Å². The van der Waals surface area contributed by atoms with E-state index in [4.69, 9.17) is 12.8 Å². The second-order valence-corrected chi connectivity index (χ2v) is 1.26. The summed E-state index contributed by atoms with van der Waals surface area (Å²) in [4.78, 5) is 0. The molecule has 0 atom stereocenters. The van der Waals surface area contributed by atoms with E-state index in [2.05, 4.69) is 11.8 Å². The number of hydrogen-bond acceptors (Lipinski definition) is 0. The molecule has 13 heavy (non-hydrogen) atoms. The van der Waals surface area contributed by atoms with E-state index in [-0.39, 0.29) is 44.6 Å². The minimum atomic E-state index is 0. The molecule has 0 bridgehead atoms. The van der Waals surface area contributed by atoms with Crippen molar-refractivity contribution in [3.05, 3.63) is 0 Å². The largest absolute Gasteiger partial charge is 0.120 e. The van der Waals surface area contributed by atoms with Crippen LogP contribution in [0, 0.1) is 24.7 Å². The van der Waals surface area contributed by atoms with Crippen molar-refractivity contribution in [1.29, 1.82) is 0 Å². The van der Waals surface area contributed by atoms with Gasteiger partial charge in [-0.1, -0.05) is 44.6 Å². The molecule has 0 fully saturated rings. The molecule has 0 unspecified atom stereocenters. The Hall–Kier alpha value is -0.880. The lowest BCUT2D eigenvalue weighted by Gasteiger charge is -1.79. The predicted molar refractivity (Wildman–Crippen MR) is 71.9 cm³/mol. The van der Waals surface area contributed by atoms with Crippen molar-refractivity contribution in [2.75, 3.05) is 0 Å². The third-order valence-electron chi connectivity index (χ3n) is 0.642. The maximum Gasteiger partial charge on any atom is 0.00951 e. The van der Waals surface area contributed by atoms with Gasteiger partial charge in [-0.2, -0.15) is 0 Å². The number of terminal acetylenes is 2. The average Bonchev–Trinajstić information content (AvgIpc) is 1.69. The quantitative estimate of drug-likeness (QED) is 0.410. The summed E-state index contributed by atoms with van der Waals surface area (Å²) >= 11 is 0. The zero-order valence-electron chi connectivity index (χ0n) is 4.28. The topological polar surface area (TPSA) is 0 Å². The molecule has 0 N–H and O–H groups in total. The van der Waals surface area contributed by atoms with E-state index >= 15 is 0 Å². The van der Waals surface area contributed by atoms with Gasteiger partial charge in [0.1, 0.15) is 0 Å². The van der Waals surface area contributed by atoms with Crippen molar-refractivity contribution in [3.63, 3.8) is 0 Å². The summed E-state index contributed by atoms with van der Waals surface area (Å²) in [6.45, 7) is 0. The summed E-state index contributed by atoms with van der Waals surface area (Å²) in [5, 5.41) is 0. The molecule has 84 valence electrons. The minimum absolute atomic E-state index is 0. The van der Waals surface area contributed by atoms with Gasteiger partial charge >= 0.3 is 0 Å². The summed E-state index contributed by atoms with van der Waals surface area (Å²) in [7, 11) is 0. The first-order chi connectivity index (χ1) is 3.41. The van der Waals surface area contributed by atoms with E-state index in [1.54, 1.807) is 0 Å². The van der Waals surface area contributed by atoms with Crippen molar-refractivity contribution in [2.24, 2.45) is 0 Å². The minimum Gasteiger partial charge on any atom is -0.120 e. The van der Waals surface area contributed by atoms with E-state index in [1.807, 2.05) is 0 Å². The van der Waals surface area contributed by atoms with Crippen molar-refractivity contribution in [3.8, 4) is 24.7 Å². The molecule has 0 heterocycles. The maximum absolute atomic E-state index is 4.95. The highest BCUT2D eigenvalue weighted by molar-refractivity contribution is 4.88. The van der Waals surface area contributed by atoms with Crippen LogP contribution in [0.25, 0.3) is 0 Å². The first-order valence-electron chi connectivity index (χ1n) is 2.28. The van der Waals surface area contributed by atoms with Gasteiger partial charge < -0.3 is 0 Å². The van der Waals surface area contributed by atoms with Gasteiger partial charge in [-0.15, -0.1) is 24.7 Å². The van der Waals surface area contributed by atoms with Crippen LogP contribution in [0.4, 0.5) is 0 Å². The van der Waals surface area contributed by atoms with E-state index in [0.29, 0.717) is 0 Å². The fourth-order valence-electron chi connectivity index (χ4n) is 0.293. The fourth-order valence-corrected chi connectivity index (χ4v) is 0.293. The van der Waals surface area contributed by atoms with Crippen LogP contribution in [-0.4, -0.2) is 0 Å². The lowest BCUT2D eigenvalue weighted by Crippen LogP contribution is -1.65. The molecule has 0 spiro atoms. The zero-order chi connectivity index (χ0) is 5.54. The van der Waals surface area contributed by atoms with Crippen LogP contribution < -0.4 is 0 Å². The molecule has 0 nitrogen and oxygen atoms in total. The Morgan fingerprint density at radius 2 is 0.846 bits per heavy atom. The molecule has 0 radical (unpaired) electrons. The van der Waals surface area contributed by atoms with Crippen molar-refractivity contribution in [2.45, 2.75) is 63.8 Å². The number of hydrogen-bond donors (Lipinski definition) is 0. The van der Waals surface area contributed by atoms with Crippen LogP contribution in [-0.2, 0) is 0 Å². The summed E-state index contributed by atoms with van der Waals surface area (Å²) in [5.41, 5.74) is 0. The van der Waals surface area contributed by atoms with Gasteiger partial charge in [-0.25, -0.2) is 0 Å². The molecule has 0 aromatic carbocycles. The van der Waals surface area contributed by atoms with Crippen LogP contribution in [0.5, 0.6) is 0 Å². The van der Waals surface area contributed by atoms with Crippen LogP contribution >= 0.6 is 0 Å². The average molecular weight is 188 g/mol. The molecule has 0 aromatic rings. The molecular weight excluding hydrogens is 156 g/mol. The van der Waals surface area contributed by atoms with Gasteiger partial charge in [-0.3, -0.25) is 0 Å². The van der Waals surface area contributed by atoms with Crippen LogP contribution in [0.15, 0.2) is 0 Å². The Morgan fingerprint density at radius 3 is 1.00 bits per heavy atom. The van der Waals surface area contributed by atoms with E-state index in [9.17, 15) is 0 Å². The van der Waals surface area contributed by atoms with Gasteiger partial charge in [-0.05, 0) is 6.42 Å². The van der Waals surface area contributed by atoms with Crippen LogP contribution in [0.1, 0.15) is 63.8 Å². The Bertz CT molecular complexity index is 84.2.